The maximum Gasteiger partial charge on any atom is 0.146 e. The molecule has 0 unspecified atom stereocenters. The second-order valence-electron chi connectivity index (χ2n) is 5.26. The summed E-state index contributed by atoms with van der Waals surface area (Å²) in [5.41, 5.74) is 2.04. The molecule has 21 heavy (non-hydrogen) atoms. The van der Waals surface area contributed by atoms with Gasteiger partial charge in [-0.1, -0.05) is 30.7 Å². The van der Waals surface area contributed by atoms with E-state index in [2.05, 4.69) is 13.0 Å². The normalized spacial score (nSPS) is 14.8. The molecule has 4 nitrogen and oxygen atoms in total. The van der Waals surface area contributed by atoms with Crippen molar-refractivity contribution < 1.29 is 19.3 Å². The summed E-state index contributed by atoms with van der Waals surface area (Å²) in [6, 6.07) is 7.50. The van der Waals surface area contributed by atoms with Crippen LogP contribution in [0.2, 0.25) is 0 Å². The summed E-state index contributed by atoms with van der Waals surface area (Å²) in [4.78, 5) is 0. The van der Waals surface area contributed by atoms with Gasteiger partial charge < -0.3 is 19.3 Å². The molecule has 0 saturated heterocycles. The van der Waals surface area contributed by atoms with E-state index in [4.69, 9.17) is 14.2 Å². The Hall–Kier alpha value is -1.36. The van der Waals surface area contributed by atoms with Crippen molar-refractivity contribution in [2.45, 2.75) is 26.4 Å². The standard InChI is InChI=1S/C17H26O4/c1-13(9-14(2)11-21-12-19-3)10-17(18)15-5-7-16(20-4)8-6-15/h5-9,14,17-18H,10-12H2,1-4H3/b13-9-/t14-,17+/m1/s1. The van der Waals surface area contributed by atoms with Crippen molar-refractivity contribution in [2.75, 3.05) is 27.6 Å². The molecule has 1 N–H and O–H groups in total. The van der Waals surface area contributed by atoms with Crippen LogP contribution in [0.5, 0.6) is 5.75 Å². The third-order valence-electron chi connectivity index (χ3n) is 3.17. The van der Waals surface area contributed by atoms with E-state index in [1.807, 2.05) is 31.2 Å². The molecule has 1 aromatic carbocycles. The van der Waals surface area contributed by atoms with E-state index >= 15 is 0 Å². The summed E-state index contributed by atoms with van der Waals surface area (Å²) < 4.78 is 15.3. The largest absolute Gasteiger partial charge is 0.497 e. The highest BCUT2D eigenvalue weighted by atomic mass is 16.7. The van der Waals surface area contributed by atoms with Gasteiger partial charge in [0.25, 0.3) is 0 Å². The zero-order valence-corrected chi connectivity index (χ0v) is 13.3. The van der Waals surface area contributed by atoms with Crippen LogP contribution >= 0.6 is 0 Å². The van der Waals surface area contributed by atoms with Gasteiger partial charge in [-0.3, -0.25) is 0 Å². The van der Waals surface area contributed by atoms with Crippen LogP contribution in [0.4, 0.5) is 0 Å². The fraction of sp³-hybridized carbons (Fsp3) is 0.529. The van der Waals surface area contributed by atoms with Crippen LogP contribution < -0.4 is 4.74 Å². The van der Waals surface area contributed by atoms with Crippen molar-refractivity contribution >= 4 is 0 Å². The lowest BCUT2D eigenvalue weighted by molar-refractivity contribution is -0.0372. The Labute approximate surface area is 127 Å². The first-order chi connectivity index (χ1) is 10.1. The lowest BCUT2D eigenvalue weighted by atomic mass is 9.99. The summed E-state index contributed by atoms with van der Waals surface area (Å²) >= 11 is 0. The van der Waals surface area contributed by atoms with E-state index in [1.54, 1.807) is 14.2 Å². The third kappa shape index (κ3) is 6.76. The molecule has 2 atom stereocenters. The molecule has 0 amide bonds. The second kappa shape index (κ2) is 9.55. The van der Waals surface area contributed by atoms with Crippen molar-refractivity contribution in [1.29, 1.82) is 0 Å². The zero-order valence-electron chi connectivity index (χ0n) is 13.3. The zero-order chi connectivity index (χ0) is 15.7. The smallest absolute Gasteiger partial charge is 0.146 e. The average Bonchev–Trinajstić information content (AvgIpc) is 2.47. The lowest BCUT2D eigenvalue weighted by Gasteiger charge is -2.14. The second-order valence-corrected chi connectivity index (χ2v) is 5.26. The first-order valence-electron chi connectivity index (χ1n) is 7.12. The summed E-state index contributed by atoms with van der Waals surface area (Å²) in [5.74, 6) is 1.09. The molecule has 1 aromatic rings. The Balaban J connectivity index is 2.49. The molecule has 4 heteroatoms. The Bertz CT molecular complexity index is 425. The molecule has 0 heterocycles. The molecule has 0 aliphatic carbocycles. The van der Waals surface area contributed by atoms with Gasteiger partial charge in [0.1, 0.15) is 12.5 Å². The van der Waals surface area contributed by atoms with Crippen LogP contribution in [0, 0.1) is 5.92 Å². The average molecular weight is 294 g/mol. The number of hydrogen-bond acceptors (Lipinski definition) is 4. The molecular formula is C17H26O4. The molecule has 0 radical (unpaired) electrons. The van der Waals surface area contributed by atoms with Crippen LogP contribution in [-0.4, -0.2) is 32.7 Å². The Morgan fingerprint density at radius 2 is 1.90 bits per heavy atom. The summed E-state index contributed by atoms with van der Waals surface area (Å²) in [5, 5.41) is 10.2. The van der Waals surface area contributed by atoms with E-state index in [1.165, 1.54) is 0 Å². The molecule has 0 bridgehead atoms. The van der Waals surface area contributed by atoms with Crippen molar-refractivity contribution in [1.82, 2.24) is 0 Å². The topological polar surface area (TPSA) is 47.9 Å². The molecule has 118 valence electrons. The van der Waals surface area contributed by atoms with Crippen molar-refractivity contribution in [3.05, 3.63) is 41.5 Å². The molecule has 0 saturated carbocycles. The minimum Gasteiger partial charge on any atom is -0.497 e. The van der Waals surface area contributed by atoms with Gasteiger partial charge in [-0.25, -0.2) is 0 Å². The SMILES string of the molecule is COCOC[C@H](C)/C=C(/C)C[C@H](O)c1ccc(OC)cc1. The predicted molar refractivity (Wildman–Crippen MR) is 83.3 cm³/mol. The molecule has 0 fully saturated rings. The fourth-order valence-electron chi connectivity index (χ4n) is 2.17. The number of aliphatic hydroxyl groups is 1. The van der Waals surface area contributed by atoms with Gasteiger partial charge >= 0.3 is 0 Å². The summed E-state index contributed by atoms with van der Waals surface area (Å²) in [6.45, 7) is 5.04. The molecule has 0 spiro atoms. The summed E-state index contributed by atoms with van der Waals surface area (Å²) in [7, 11) is 3.24. The van der Waals surface area contributed by atoms with Crippen LogP contribution in [0.25, 0.3) is 0 Å². The first kappa shape index (κ1) is 17.7. The molecule has 0 aliphatic heterocycles. The highest BCUT2D eigenvalue weighted by Gasteiger charge is 2.09. The maximum atomic E-state index is 10.2. The predicted octanol–water partition coefficient (Wildman–Crippen LogP) is 3.32. The van der Waals surface area contributed by atoms with E-state index in [9.17, 15) is 5.11 Å². The molecule has 0 aliphatic rings. The Morgan fingerprint density at radius 1 is 1.24 bits per heavy atom. The minimum atomic E-state index is -0.501. The summed E-state index contributed by atoms with van der Waals surface area (Å²) in [6.07, 6.45) is 2.24. The Morgan fingerprint density at radius 3 is 2.48 bits per heavy atom. The number of hydrogen-bond donors (Lipinski definition) is 1. The molecular weight excluding hydrogens is 268 g/mol. The quantitative estimate of drug-likeness (QED) is 0.431. The highest BCUT2D eigenvalue weighted by Crippen LogP contribution is 2.23. The van der Waals surface area contributed by atoms with Gasteiger partial charge in [-0.2, -0.15) is 0 Å². The highest BCUT2D eigenvalue weighted by molar-refractivity contribution is 5.29. The van der Waals surface area contributed by atoms with Crippen LogP contribution in [0.3, 0.4) is 0 Å². The van der Waals surface area contributed by atoms with Crippen molar-refractivity contribution in [2.24, 2.45) is 5.92 Å². The third-order valence-corrected chi connectivity index (χ3v) is 3.17. The maximum absolute atomic E-state index is 10.2. The van der Waals surface area contributed by atoms with Crippen molar-refractivity contribution in [3.63, 3.8) is 0 Å². The number of benzene rings is 1. The molecule has 0 aromatic heterocycles. The number of aliphatic hydroxyl groups excluding tert-OH is 1. The Kier molecular flexibility index (Phi) is 8.05. The van der Waals surface area contributed by atoms with E-state index in [0.29, 0.717) is 25.7 Å². The number of ether oxygens (including phenoxy) is 3. The van der Waals surface area contributed by atoms with Crippen LogP contribution in [0.1, 0.15) is 31.9 Å². The van der Waals surface area contributed by atoms with E-state index < -0.39 is 6.10 Å². The number of rotatable bonds is 9. The van der Waals surface area contributed by atoms with Gasteiger partial charge in [-0.15, -0.1) is 0 Å². The van der Waals surface area contributed by atoms with Gasteiger partial charge in [0.05, 0.1) is 19.8 Å². The van der Waals surface area contributed by atoms with Crippen molar-refractivity contribution in [3.8, 4) is 5.75 Å². The van der Waals surface area contributed by atoms with Gasteiger partial charge in [0.15, 0.2) is 0 Å². The van der Waals surface area contributed by atoms with E-state index in [0.717, 1.165) is 16.9 Å². The fourth-order valence-corrected chi connectivity index (χ4v) is 2.17. The monoisotopic (exact) mass is 294 g/mol. The van der Waals surface area contributed by atoms with Gasteiger partial charge in [0, 0.05) is 7.11 Å². The number of methoxy groups -OCH3 is 2. The van der Waals surface area contributed by atoms with Crippen LogP contribution in [-0.2, 0) is 9.47 Å². The molecule has 1 rings (SSSR count). The first-order valence-corrected chi connectivity index (χ1v) is 7.12. The van der Waals surface area contributed by atoms with E-state index in [-0.39, 0.29) is 0 Å². The van der Waals surface area contributed by atoms with Crippen LogP contribution in [0.15, 0.2) is 35.9 Å². The van der Waals surface area contributed by atoms with Gasteiger partial charge in [0.2, 0.25) is 0 Å². The minimum absolute atomic E-state index is 0.295. The lowest BCUT2D eigenvalue weighted by Crippen LogP contribution is -2.06. The van der Waals surface area contributed by atoms with Gasteiger partial charge in [-0.05, 0) is 37.0 Å².